The van der Waals surface area contributed by atoms with E-state index in [1.165, 1.54) is 11.5 Å². The predicted molar refractivity (Wildman–Crippen MR) is 65.1 cm³/mol. The highest BCUT2D eigenvalue weighted by molar-refractivity contribution is 7.05. The third kappa shape index (κ3) is 2.03. The third-order valence-electron chi connectivity index (χ3n) is 2.63. The summed E-state index contributed by atoms with van der Waals surface area (Å²) in [6.45, 7) is 4.66. The van der Waals surface area contributed by atoms with Crippen molar-refractivity contribution in [1.82, 2.24) is 19.4 Å². The quantitative estimate of drug-likeness (QED) is 0.883. The Morgan fingerprint density at radius 2 is 2.35 bits per heavy atom. The van der Waals surface area contributed by atoms with Crippen molar-refractivity contribution in [2.45, 2.75) is 26.4 Å². The Hall–Kier alpha value is -1.47. The van der Waals surface area contributed by atoms with Crippen LogP contribution in [-0.2, 0) is 6.54 Å². The average Bonchev–Trinajstić information content (AvgIpc) is 2.93. The molecular weight excluding hydrogens is 238 g/mol. The molecule has 0 bridgehead atoms. The zero-order valence-corrected chi connectivity index (χ0v) is 10.9. The summed E-state index contributed by atoms with van der Waals surface area (Å²) in [5, 5.41) is 8.22. The van der Waals surface area contributed by atoms with Crippen LogP contribution in [0, 0.1) is 6.92 Å². The molecule has 7 heteroatoms. The van der Waals surface area contributed by atoms with Crippen molar-refractivity contribution in [2.24, 2.45) is 5.73 Å². The van der Waals surface area contributed by atoms with Crippen molar-refractivity contribution < 1.29 is 4.74 Å². The minimum Gasteiger partial charge on any atom is -0.493 e. The summed E-state index contributed by atoms with van der Waals surface area (Å²) in [5.41, 5.74) is 7.97. The number of hydrogen-bond donors (Lipinski definition) is 1. The summed E-state index contributed by atoms with van der Waals surface area (Å²) in [6, 6.07) is -0.299. The maximum absolute atomic E-state index is 6.25. The first-order chi connectivity index (χ1) is 8.19. The van der Waals surface area contributed by atoms with Crippen LogP contribution in [0.1, 0.15) is 29.2 Å². The van der Waals surface area contributed by atoms with Gasteiger partial charge >= 0.3 is 0 Å². The van der Waals surface area contributed by atoms with Crippen molar-refractivity contribution >= 4 is 11.5 Å². The summed E-state index contributed by atoms with van der Waals surface area (Å²) in [4.78, 5) is 0.943. The molecule has 2 rings (SSSR count). The monoisotopic (exact) mass is 253 g/mol. The molecule has 2 aromatic rings. The van der Waals surface area contributed by atoms with Crippen LogP contribution >= 0.6 is 11.5 Å². The summed E-state index contributed by atoms with van der Waals surface area (Å²) >= 11 is 1.31. The lowest BCUT2D eigenvalue weighted by molar-refractivity contribution is 0.405. The molecule has 0 aliphatic heterocycles. The number of ether oxygens (including phenoxy) is 1. The molecule has 1 unspecified atom stereocenters. The van der Waals surface area contributed by atoms with Gasteiger partial charge in [0.25, 0.3) is 0 Å². The lowest BCUT2D eigenvalue weighted by Crippen LogP contribution is -2.17. The minimum absolute atomic E-state index is 0.299. The molecular formula is C10H15N5OS. The van der Waals surface area contributed by atoms with E-state index in [1.807, 2.05) is 18.5 Å². The smallest absolute Gasteiger partial charge is 0.161 e. The standard InChI is InChI=1S/C10H15N5OS/c1-4-15-9(7(16-3)5-12-15)8(11)10-6(2)13-14-17-10/h5,8H,4,11H2,1-3H3. The first-order valence-corrected chi connectivity index (χ1v) is 6.10. The van der Waals surface area contributed by atoms with E-state index in [1.54, 1.807) is 13.3 Å². The Bertz CT molecular complexity index is 485. The van der Waals surface area contributed by atoms with Crippen molar-refractivity contribution in [3.63, 3.8) is 0 Å². The molecule has 0 spiro atoms. The number of hydrogen-bond acceptors (Lipinski definition) is 6. The molecule has 0 amide bonds. The normalized spacial score (nSPS) is 12.7. The van der Waals surface area contributed by atoms with Gasteiger partial charge in [-0.1, -0.05) is 4.49 Å². The van der Waals surface area contributed by atoms with Gasteiger partial charge in [-0.15, -0.1) is 5.10 Å². The fourth-order valence-electron chi connectivity index (χ4n) is 1.75. The number of aromatic nitrogens is 4. The van der Waals surface area contributed by atoms with Crippen LogP contribution in [0.2, 0.25) is 0 Å². The van der Waals surface area contributed by atoms with E-state index in [9.17, 15) is 0 Å². The van der Waals surface area contributed by atoms with E-state index in [0.717, 1.165) is 22.8 Å². The van der Waals surface area contributed by atoms with Crippen molar-refractivity contribution in [1.29, 1.82) is 0 Å². The number of methoxy groups -OCH3 is 1. The Balaban J connectivity index is 2.45. The van der Waals surface area contributed by atoms with Crippen LogP contribution in [0.4, 0.5) is 0 Å². The molecule has 17 heavy (non-hydrogen) atoms. The van der Waals surface area contributed by atoms with E-state index >= 15 is 0 Å². The number of nitrogens with two attached hydrogens (primary N) is 1. The second kappa shape index (κ2) is 4.80. The van der Waals surface area contributed by atoms with Gasteiger partial charge in [0.1, 0.15) is 5.69 Å². The second-order valence-corrected chi connectivity index (χ2v) is 4.40. The summed E-state index contributed by atoms with van der Waals surface area (Å²) < 4.78 is 11.0. The van der Waals surface area contributed by atoms with Gasteiger partial charge in [-0.05, 0) is 25.4 Å². The SMILES string of the molecule is CCn1ncc(OC)c1C(N)c1snnc1C. The Morgan fingerprint density at radius 3 is 2.88 bits per heavy atom. The van der Waals surface area contributed by atoms with Crippen LogP contribution in [0.5, 0.6) is 5.75 Å². The zero-order valence-electron chi connectivity index (χ0n) is 10.0. The summed E-state index contributed by atoms with van der Waals surface area (Å²) in [5.74, 6) is 0.701. The minimum atomic E-state index is -0.299. The maximum atomic E-state index is 6.25. The highest BCUT2D eigenvalue weighted by Crippen LogP contribution is 2.30. The van der Waals surface area contributed by atoms with Gasteiger partial charge in [0.05, 0.1) is 29.9 Å². The molecule has 0 saturated carbocycles. The molecule has 0 aliphatic rings. The van der Waals surface area contributed by atoms with Crippen LogP contribution in [0.15, 0.2) is 6.20 Å². The fourth-order valence-corrected chi connectivity index (χ4v) is 2.40. The largest absolute Gasteiger partial charge is 0.493 e. The molecule has 2 N–H and O–H groups in total. The number of rotatable bonds is 4. The lowest BCUT2D eigenvalue weighted by Gasteiger charge is -2.13. The summed E-state index contributed by atoms with van der Waals surface area (Å²) in [7, 11) is 1.62. The van der Waals surface area contributed by atoms with Crippen molar-refractivity contribution in [3.05, 3.63) is 22.5 Å². The molecule has 0 fully saturated rings. The van der Waals surface area contributed by atoms with E-state index < -0.39 is 0 Å². The molecule has 92 valence electrons. The molecule has 2 heterocycles. The van der Waals surface area contributed by atoms with Crippen LogP contribution in [-0.4, -0.2) is 26.5 Å². The van der Waals surface area contributed by atoms with Gasteiger partial charge in [-0.3, -0.25) is 4.68 Å². The average molecular weight is 253 g/mol. The Kier molecular flexibility index (Phi) is 3.39. The topological polar surface area (TPSA) is 78.9 Å². The third-order valence-corrected chi connectivity index (χ3v) is 3.54. The van der Waals surface area contributed by atoms with Gasteiger partial charge in [0, 0.05) is 6.54 Å². The second-order valence-electron chi connectivity index (χ2n) is 3.61. The first kappa shape index (κ1) is 12.0. The predicted octanol–water partition coefficient (Wildman–Crippen LogP) is 1.12. The van der Waals surface area contributed by atoms with Crippen molar-refractivity contribution in [2.75, 3.05) is 7.11 Å². The highest BCUT2D eigenvalue weighted by Gasteiger charge is 2.23. The molecule has 0 aliphatic carbocycles. The van der Waals surface area contributed by atoms with Gasteiger partial charge in [0.2, 0.25) is 0 Å². The van der Waals surface area contributed by atoms with Crippen LogP contribution < -0.4 is 10.5 Å². The van der Waals surface area contributed by atoms with Gasteiger partial charge in [-0.2, -0.15) is 5.10 Å². The fraction of sp³-hybridized carbons (Fsp3) is 0.500. The zero-order chi connectivity index (χ0) is 12.4. The first-order valence-electron chi connectivity index (χ1n) is 5.33. The van der Waals surface area contributed by atoms with Gasteiger partial charge in [0.15, 0.2) is 5.75 Å². The Labute approximate surface area is 104 Å². The molecule has 6 nitrogen and oxygen atoms in total. The van der Waals surface area contributed by atoms with E-state index in [2.05, 4.69) is 14.7 Å². The van der Waals surface area contributed by atoms with Crippen LogP contribution in [0.3, 0.4) is 0 Å². The van der Waals surface area contributed by atoms with Gasteiger partial charge < -0.3 is 10.5 Å². The lowest BCUT2D eigenvalue weighted by atomic mass is 10.1. The maximum Gasteiger partial charge on any atom is 0.161 e. The van der Waals surface area contributed by atoms with Gasteiger partial charge in [-0.25, -0.2) is 0 Å². The van der Waals surface area contributed by atoms with Crippen molar-refractivity contribution in [3.8, 4) is 5.75 Å². The molecule has 0 radical (unpaired) electrons. The number of nitrogens with zero attached hydrogens (tertiary/aromatic N) is 4. The number of aryl methyl sites for hydroxylation is 2. The van der Waals surface area contributed by atoms with E-state index in [4.69, 9.17) is 10.5 Å². The summed E-state index contributed by atoms with van der Waals surface area (Å²) in [6.07, 6.45) is 1.68. The molecule has 0 saturated heterocycles. The van der Waals surface area contributed by atoms with Crippen LogP contribution in [0.25, 0.3) is 0 Å². The molecule has 2 aromatic heterocycles. The molecule has 0 aromatic carbocycles. The van der Waals surface area contributed by atoms with E-state index in [-0.39, 0.29) is 6.04 Å². The van der Waals surface area contributed by atoms with E-state index in [0.29, 0.717) is 5.75 Å². The highest BCUT2D eigenvalue weighted by atomic mass is 32.1. The Morgan fingerprint density at radius 1 is 1.59 bits per heavy atom. The molecule has 1 atom stereocenters.